The first-order valence-corrected chi connectivity index (χ1v) is 17.2. The molecule has 3 fully saturated rings. The summed E-state index contributed by atoms with van der Waals surface area (Å²) in [5.74, 6) is 3.38. The third kappa shape index (κ3) is 7.64. The third-order valence-corrected chi connectivity index (χ3v) is 10.3. The summed E-state index contributed by atoms with van der Waals surface area (Å²) in [4.78, 5) is 34.9. The van der Waals surface area contributed by atoms with Crippen molar-refractivity contribution in [1.29, 1.82) is 0 Å². The van der Waals surface area contributed by atoms with E-state index in [4.69, 9.17) is 19.0 Å². The van der Waals surface area contributed by atoms with E-state index in [9.17, 15) is 14.7 Å². The van der Waals surface area contributed by atoms with Crippen LogP contribution in [0.2, 0.25) is 0 Å². The number of anilines is 1. The van der Waals surface area contributed by atoms with Crippen LogP contribution in [0.15, 0.2) is 47.1 Å². The lowest BCUT2D eigenvalue weighted by molar-refractivity contribution is -0.124. The van der Waals surface area contributed by atoms with Gasteiger partial charge in [0.15, 0.2) is 0 Å². The molecule has 1 aliphatic heterocycles. The Balaban J connectivity index is 1.15. The van der Waals surface area contributed by atoms with Crippen LogP contribution in [0.3, 0.4) is 0 Å². The molecule has 10 nitrogen and oxygen atoms in total. The lowest BCUT2D eigenvalue weighted by atomic mass is 9.78. The SMILES string of the molecule is COc1ccc([C@H]2CC[C@H](CN(c3cc(-c4cc(C(C)C)on4)ccn3)C(=O)[C@H]3CC[C@H](OC(=O)N4CC(O)C4)CC3)CC2)cc1C. The van der Waals surface area contributed by atoms with Crippen LogP contribution >= 0.6 is 0 Å². The molecule has 3 aromatic rings. The number of β-amino-alcohol motifs (C(OH)–C–C–N with tert-alkyl or cyclic N) is 1. The Bertz CT molecular complexity index is 1530. The topological polar surface area (TPSA) is 118 Å². The van der Waals surface area contributed by atoms with Crippen molar-refractivity contribution < 1.29 is 28.7 Å². The first-order chi connectivity index (χ1) is 22.7. The molecule has 0 unspecified atom stereocenters. The number of pyridine rings is 1. The zero-order valence-corrected chi connectivity index (χ0v) is 28.1. The minimum atomic E-state index is -0.461. The van der Waals surface area contributed by atoms with E-state index in [-0.39, 0.29) is 29.9 Å². The Morgan fingerprint density at radius 3 is 2.40 bits per heavy atom. The molecule has 1 aromatic carbocycles. The zero-order chi connectivity index (χ0) is 33.1. The van der Waals surface area contributed by atoms with Crippen molar-refractivity contribution >= 4 is 17.8 Å². The Hall–Kier alpha value is -3.92. The van der Waals surface area contributed by atoms with E-state index in [1.165, 1.54) is 10.5 Å². The Labute approximate surface area is 277 Å². The maximum Gasteiger partial charge on any atom is 0.410 e. The van der Waals surface area contributed by atoms with Gasteiger partial charge >= 0.3 is 6.09 Å². The molecule has 3 aliphatic rings. The molecule has 10 heteroatoms. The van der Waals surface area contributed by atoms with Gasteiger partial charge in [0.05, 0.1) is 26.3 Å². The molecule has 2 aromatic heterocycles. The standard InChI is InChI=1S/C37H48N4O6/c1-23(2)34-19-32(39-47-34)29-15-16-38-35(18-29)41(20-25-5-7-26(8-6-25)28-11-14-33(45-4)24(3)17-28)36(43)27-9-12-31(13-10-27)46-37(44)40-21-30(42)22-40/h11,14-19,23,25-27,30-31,42H,5-10,12-13,20-22H2,1-4H3/t25-,26-,27-,31-. The average molecular weight is 645 g/mol. The number of rotatable bonds is 9. The fraction of sp³-hybridized carbons (Fsp3) is 0.568. The molecule has 252 valence electrons. The molecule has 1 saturated heterocycles. The number of aromatic nitrogens is 2. The average Bonchev–Trinajstić information content (AvgIpc) is 3.57. The predicted molar refractivity (Wildman–Crippen MR) is 178 cm³/mol. The second-order valence-electron chi connectivity index (χ2n) is 14.0. The van der Waals surface area contributed by atoms with Gasteiger partial charge < -0.3 is 24.0 Å². The number of aryl methyl sites for hydroxylation is 1. The van der Waals surface area contributed by atoms with Crippen LogP contribution in [0.25, 0.3) is 11.3 Å². The maximum atomic E-state index is 14.3. The first kappa shape index (κ1) is 33.0. The van der Waals surface area contributed by atoms with Crippen molar-refractivity contribution in [2.24, 2.45) is 11.8 Å². The molecule has 1 N–H and O–H groups in total. The number of carbonyl (C=O) groups is 2. The highest BCUT2D eigenvalue weighted by Gasteiger charge is 2.36. The molecule has 3 heterocycles. The van der Waals surface area contributed by atoms with E-state index >= 15 is 0 Å². The molecule has 47 heavy (non-hydrogen) atoms. The fourth-order valence-electron chi connectivity index (χ4n) is 7.28. The number of hydrogen-bond acceptors (Lipinski definition) is 8. The number of nitrogens with zero attached hydrogens (tertiary/aromatic N) is 4. The second kappa shape index (κ2) is 14.5. The number of carbonyl (C=O) groups excluding carboxylic acids is 2. The number of benzene rings is 1. The number of likely N-dealkylation sites (tertiary alicyclic amines) is 1. The monoisotopic (exact) mass is 644 g/mol. The van der Waals surface area contributed by atoms with E-state index in [0.29, 0.717) is 63.0 Å². The minimum Gasteiger partial charge on any atom is -0.496 e. The lowest BCUT2D eigenvalue weighted by Gasteiger charge is -2.38. The molecule has 0 radical (unpaired) electrons. The van der Waals surface area contributed by atoms with Gasteiger partial charge in [0.25, 0.3) is 0 Å². The van der Waals surface area contributed by atoms with Crippen molar-refractivity contribution in [1.82, 2.24) is 15.0 Å². The molecule has 2 aliphatic carbocycles. The largest absolute Gasteiger partial charge is 0.496 e. The van der Waals surface area contributed by atoms with Crippen LogP contribution in [-0.2, 0) is 9.53 Å². The summed E-state index contributed by atoms with van der Waals surface area (Å²) >= 11 is 0. The van der Waals surface area contributed by atoms with E-state index in [0.717, 1.165) is 54.0 Å². The fourth-order valence-corrected chi connectivity index (χ4v) is 7.28. The smallest absolute Gasteiger partial charge is 0.410 e. The highest BCUT2D eigenvalue weighted by Crippen LogP contribution is 2.39. The third-order valence-electron chi connectivity index (χ3n) is 10.3. The van der Waals surface area contributed by atoms with Gasteiger partial charge in [0, 0.05) is 36.2 Å². The molecule has 2 saturated carbocycles. The minimum absolute atomic E-state index is 0.0845. The summed E-state index contributed by atoms with van der Waals surface area (Å²) in [6.07, 6.45) is 7.52. The van der Waals surface area contributed by atoms with E-state index < -0.39 is 6.10 Å². The van der Waals surface area contributed by atoms with Crippen molar-refractivity contribution in [3.05, 3.63) is 59.5 Å². The number of hydrogen-bond donors (Lipinski definition) is 1. The van der Waals surface area contributed by atoms with Crippen LogP contribution in [0, 0.1) is 18.8 Å². The maximum absolute atomic E-state index is 14.3. The van der Waals surface area contributed by atoms with E-state index in [2.05, 4.69) is 44.1 Å². The Morgan fingerprint density at radius 2 is 1.77 bits per heavy atom. The summed E-state index contributed by atoms with van der Waals surface area (Å²) in [6, 6.07) is 12.3. The van der Waals surface area contributed by atoms with Crippen LogP contribution in [-0.4, -0.2) is 71.1 Å². The number of aliphatic hydroxyl groups excluding tert-OH is 1. The van der Waals surface area contributed by atoms with Gasteiger partial charge in [-0.15, -0.1) is 0 Å². The highest BCUT2D eigenvalue weighted by molar-refractivity contribution is 5.94. The van der Waals surface area contributed by atoms with E-state index in [1.54, 1.807) is 13.3 Å². The van der Waals surface area contributed by atoms with Crippen LogP contribution in [0.4, 0.5) is 10.6 Å². The van der Waals surface area contributed by atoms with Gasteiger partial charge in [0.1, 0.15) is 29.1 Å². The van der Waals surface area contributed by atoms with Crippen LogP contribution < -0.4 is 9.64 Å². The first-order valence-electron chi connectivity index (χ1n) is 17.2. The van der Waals surface area contributed by atoms with Crippen molar-refractivity contribution in [3.8, 4) is 17.0 Å². The number of methoxy groups -OCH3 is 1. The molecular weight excluding hydrogens is 596 g/mol. The summed E-state index contributed by atoms with van der Waals surface area (Å²) in [7, 11) is 1.71. The summed E-state index contributed by atoms with van der Waals surface area (Å²) < 4.78 is 16.7. The zero-order valence-electron chi connectivity index (χ0n) is 28.1. The Kier molecular flexibility index (Phi) is 10.2. The molecule has 0 atom stereocenters. The molecule has 0 spiro atoms. The number of amides is 2. The highest BCUT2D eigenvalue weighted by atomic mass is 16.6. The van der Waals surface area contributed by atoms with Gasteiger partial charge in [0.2, 0.25) is 5.91 Å². The molecule has 0 bridgehead atoms. The summed E-state index contributed by atoms with van der Waals surface area (Å²) in [6.45, 7) is 7.49. The normalized spacial score (nSPS) is 23.3. The summed E-state index contributed by atoms with van der Waals surface area (Å²) in [5, 5.41) is 13.8. The van der Waals surface area contributed by atoms with Crippen molar-refractivity contribution in [2.45, 2.75) is 96.2 Å². The van der Waals surface area contributed by atoms with E-state index in [1.807, 2.05) is 23.1 Å². The molecular formula is C37H48N4O6. The lowest BCUT2D eigenvalue weighted by Crippen LogP contribution is -2.54. The van der Waals surface area contributed by atoms with Gasteiger partial charge in [-0.3, -0.25) is 9.69 Å². The summed E-state index contributed by atoms with van der Waals surface area (Å²) in [5.41, 5.74) is 4.12. The molecule has 2 amide bonds. The van der Waals surface area contributed by atoms with Gasteiger partial charge in [-0.1, -0.05) is 31.1 Å². The Morgan fingerprint density at radius 1 is 1.02 bits per heavy atom. The number of ether oxygens (including phenoxy) is 2. The van der Waals surface area contributed by atoms with Crippen molar-refractivity contribution in [3.63, 3.8) is 0 Å². The molecule has 6 rings (SSSR count). The second-order valence-corrected chi connectivity index (χ2v) is 14.0. The van der Waals surface area contributed by atoms with Gasteiger partial charge in [-0.2, -0.15) is 0 Å². The van der Waals surface area contributed by atoms with Gasteiger partial charge in [-0.25, -0.2) is 9.78 Å². The van der Waals surface area contributed by atoms with Crippen molar-refractivity contribution in [2.75, 3.05) is 31.6 Å². The van der Waals surface area contributed by atoms with Gasteiger partial charge in [-0.05, 0) is 99.5 Å². The number of aliphatic hydroxyl groups is 1. The quantitative estimate of drug-likeness (QED) is 0.269. The van der Waals surface area contributed by atoms with Crippen LogP contribution in [0.1, 0.15) is 93.9 Å². The van der Waals surface area contributed by atoms with Crippen LogP contribution in [0.5, 0.6) is 5.75 Å². The predicted octanol–water partition coefficient (Wildman–Crippen LogP) is 6.86.